The molecule has 1 atom stereocenters. The molecule has 0 saturated carbocycles. The molecule has 2 aliphatic heterocycles. The van der Waals surface area contributed by atoms with Crippen molar-refractivity contribution in [2.45, 2.75) is 18.8 Å². The lowest BCUT2D eigenvalue weighted by molar-refractivity contribution is -0.134. The lowest BCUT2D eigenvalue weighted by Crippen LogP contribution is -2.43. The number of piperidine rings is 1. The van der Waals surface area contributed by atoms with Gasteiger partial charge < -0.3 is 15.2 Å². The third kappa shape index (κ3) is 2.49. The van der Waals surface area contributed by atoms with Crippen molar-refractivity contribution in [2.24, 2.45) is 0 Å². The monoisotopic (exact) mass is 262 g/mol. The van der Waals surface area contributed by atoms with Crippen LogP contribution < -0.4 is 15.5 Å². The number of piperazine rings is 1. The number of anilines is 1. The molecule has 0 bridgehead atoms. The molecule has 102 valence electrons. The van der Waals surface area contributed by atoms with E-state index in [2.05, 4.69) is 20.5 Å². The molecule has 1 aromatic heterocycles. The van der Waals surface area contributed by atoms with Crippen molar-refractivity contribution < 1.29 is 9.59 Å². The fourth-order valence-electron chi connectivity index (χ4n) is 2.70. The normalized spacial score (nSPS) is 24.4. The van der Waals surface area contributed by atoms with Gasteiger partial charge in [0.2, 0.25) is 11.8 Å². The maximum absolute atomic E-state index is 11.8. The van der Waals surface area contributed by atoms with Crippen LogP contribution >= 0.6 is 0 Å². The highest BCUT2D eigenvalue weighted by Gasteiger charge is 2.29. The van der Waals surface area contributed by atoms with Crippen LogP contribution in [0.3, 0.4) is 0 Å². The Balaban J connectivity index is 1.73. The minimum Gasteiger partial charge on any atom is -0.368 e. The quantitative estimate of drug-likeness (QED) is 0.653. The molecule has 1 aromatic rings. The number of amides is 2. The summed E-state index contributed by atoms with van der Waals surface area (Å²) in [4.78, 5) is 28.4. The highest BCUT2D eigenvalue weighted by Crippen LogP contribution is 2.27. The van der Waals surface area contributed by atoms with Gasteiger partial charge in [0.25, 0.3) is 0 Å². The van der Waals surface area contributed by atoms with Crippen LogP contribution in [0.5, 0.6) is 0 Å². The number of aromatic amines is 1. The Kier molecular flexibility index (Phi) is 3.25. The first-order chi connectivity index (χ1) is 9.24. The zero-order valence-electron chi connectivity index (χ0n) is 10.7. The summed E-state index contributed by atoms with van der Waals surface area (Å²) in [5.74, 6) is -0.588. The van der Waals surface area contributed by atoms with Gasteiger partial charge in [-0.05, 0) is 12.5 Å². The second kappa shape index (κ2) is 5.05. The lowest BCUT2D eigenvalue weighted by Gasteiger charge is -2.28. The molecule has 1 unspecified atom stereocenters. The van der Waals surface area contributed by atoms with Gasteiger partial charge in [0.15, 0.2) is 0 Å². The van der Waals surface area contributed by atoms with Gasteiger partial charge >= 0.3 is 0 Å². The summed E-state index contributed by atoms with van der Waals surface area (Å²) < 4.78 is 0. The standard InChI is InChI=1S/C13H18N4O2/c18-12-2-1-10(13(19)16-12)11-7-9(8-15-11)17-5-3-14-4-6-17/h7-8,10,14-15H,1-6H2,(H,16,18,19). The topological polar surface area (TPSA) is 77.2 Å². The number of aromatic nitrogens is 1. The van der Waals surface area contributed by atoms with Gasteiger partial charge in [-0.25, -0.2) is 0 Å². The second-order valence-corrected chi connectivity index (χ2v) is 5.05. The molecule has 6 heteroatoms. The summed E-state index contributed by atoms with van der Waals surface area (Å²) in [5, 5.41) is 5.71. The van der Waals surface area contributed by atoms with Crippen molar-refractivity contribution in [3.05, 3.63) is 18.0 Å². The Labute approximate surface area is 111 Å². The number of nitrogens with one attached hydrogen (secondary N) is 3. The second-order valence-electron chi connectivity index (χ2n) is 5.05. The van der Waals surface area contributed by atoms with Crippen LogP contribution in [0.15, 0.2) is 12.3 Å². The van der Waals surface area contributed by atoms with Gasteiger partial charge in [0, 0.05) is 44.5 Å². The number of rotatable bonds is 2. The number of nitrogens with zero attached hydrogens (tertiary/aromatic N) is 1. The fraction of sp³-hybridized carbons (Fsp3) is 0.538. The third-order valence-corrected chi connectivity index (χ3v) is 3.79. The molecule has 6 nitrogen and oxygen atoms in total. The largest absolute Gasteiger partial charge is 0.368 e. The van der Waals surface area contributed by atoms with E-state index in [0.717, 1.165) is 37.6 Å². The molecule has 0 aliphatic carbocycles. The molecule has 19 heavy (non-hydrogen) atoms. The van der Waals surface area contributed by atoms with E-state index >= 15 is 0 Å². The number of hydrogen-bond donors (Lipinski definition) is 3. The minimum atomic E-state index is -0.227. The number of hydrogen-bond acceptors (Lipinski definition) is 4. The van der Waals surface area contributed by atoms with Crippen LogP contribution in [-0.2, 0) is 9.59 Å². The zero-order chi connectivity index (χ0) is 13.2. The predicted molar refractivity (Wildman–Crippen MR) is 71.0 cm³/mol. The molecule has 2 aliphatic rings. The molecule has 3 rings (SSSR count). The van der Waals surface area contributed by atoms with Crippen molar-refractivity contribution in [1.29, 1.82) is 0 Å². The van der Waals surface area contributed by atoms with E-state index in [1.54, 1.807) is 0 Å². The maximum atomic E-state index is 11.8. The van der Waals surface area contributed by atoms with Gasteiger partial charge in [0.1, 0.15) is 0 Å². The molecule has 0 spiro atoms. The summed E-state index contributed by atoms with van der Waals surface area (Å²) in [7, 11) is 0. The Hall–Kier alpha value is -1.82. The summed E-state index contributed by atoms with van der Waals surface area (Å²) in [6.45, 7) is 3.93. The average molecular weight is 262 g/mol. The van der Waals surface area contributed by atoms with E-state index in [-0.39, 0.29) is 17.7 Å². The van der Waals surface area contributed by atoms with Gasteiger partial charge in [-0.1, -0.05) is 0 Å². The molecule has 0 aromatic carbocycles. The predicted octanol–water partition coefficient (Wildman–Crippen LogP) is -0.0555. The zero-order valence-corrected chi connectivity index (χ0v) is 10.7. The maximum Gasteiger partial charge on any atom is 0.235 e. The van der Waals surface area contributed by atoms with Crippen LogP contribution in [0.4, 0.5) is 5.69 Å². The van der Waals surface area contributed by atoms with Gasteiger partial charge in [-0.15, -0.1) is 0 Å². The molecule has 2 amide bonds. The fourth-order valence-corrected chi connectivity index (χ4v) is 2.70. The average Bonchev–Trinajstić information content (AvgIpc) is 2.89. The summed E-state index contributed by atoms with van der Waals surface area (Å²) in [5.41, 5.74) is 2.03. The lowest BCUT2D eigenvalue weighted by atomic mass is 9.95. The van der Waals surface area contributed by atoms with Gasteiger partial charge in [-0.2, -0.15) is 0 Å². The van der Waals surface area contributed by atoms with E-state index in [9.17, 15) is 9.59 Å². The SMILES string of the molecule is O=C1CCC(c2cc(N3CCNCC3)c[nH]2)C(=O)N1. The van der Waals surface area contributed by atoms with Gasteiger partial charge in [-0.3, -0.25) is 14.9 Å². The molecular formula is C13H18N4O2. The molecule has 3 heterocycles. The van der Waals surface area contributed by atoms with Crippen molar-refractivity contribution >= 4 is 17.5 Å². The van der Waals surface area contributed by atoms with E-state index in [1.807, 2.05) is 12.3 Å². The van der Waals surface area contributed by atoms with Crippen LogP contribution in [0.1, 0.15) is 24.5 Å². The highest BCUT2D eigenvalue weighted by molar-refractivity contribution is 6.00. The summed E-state index contributed by atoms with van der Waals surface area (Å²) in [6.07, 6.45) is 2.95. The van der Waals surface area contributed by atoms with Crippen LogP contribution in [0.2, 0.25) is 0 Å². The third-order valence-electron chi connectivity index (χ3n) is 3.79. The summed E-state index contributed by atoms with van der Waals surface area (Å²) >= 11 is 0. The van der Waals surface area contributed by atoms with E-state index in [0.29, 0.717) is 12.8 Å². The Bertz CT molecular complexity index is 491. The number of carbonyl (C=O) groups excluding carboxylic acids is 2. The number of carbonyl (C=O) groups is 2. The Morgan fingerprint density at radius 2 is 2.00 bits per heavy atom. The van der Waals surface area contributed by atoms with Crippen LogP contribution in [-0.4, -0.2) is 43.0 Å². The molecular weight excluding hydrogens is 244 g/mol. The highest BCUT2D eigenvalue weighted by atomic mass is 16.2. The van der Waals surface area contributed by atoms with Crippen molar-refractivity contribution in [3.8, 4) is 0 Å². The van der Waals surface area contributed by atoms with E-state index < -0.39 is 0 Å². The molecule has 2 fully saturated rings. The molecule has 0 radical (unpaired) electrons. The van der Waals surface area contributed by atoms with Crippen molar-refractivity contribution in [3.63, 3.8) is 0 Å². The van der Waals surface area contributed by atoms with Crippen molar-refractivity contribution in [1.82, 2.24) is 15.6 Å². The number of H-pyrrole nitrogens is 1. The first kappa shape index (κ1) is 12.2. The van der Waals surface area contributed by atoms with Crippen LogP contribution in [0, 0.1) is 0 Å². The summed E-state index contributed by atoms with van der Waals surface area (Å²) in [6, 6.07) is 2.03. The van der Waals surface area contributed by atoms with Gasteiger partial charge in [0.05, 0.1) is 11.6 Å². The van der Waals surface area contributed by atoms with E-state index in [4.69, 9.17) is 0 Å². The molecule has 3 N–H and O–H groups in total. The smallest absolute Gasteiger partial charge is 0.235 e. The first-order valence-corrected chi connectivity index (χ1v) is 6.72. The number of imide groups is 1. The Morgan fingerprint density at radius 1 is 1.21 bits per heavy atom. The Morgan fingerprint density at radius 3 is 2.74 bits per heavy atom. The molecule has 2 saturated heterocycles. The van der Waals surface area contributed by atoms with Crippen molar-refractivity contribution in [2.75, 3.05) is 31.1 Å². The van der Waals surface area contributed by atoms with E-state index in [1.165, 1.54) is 0 Å². The van der Waals surface area contributed by atoms with Crippen LogP contribution in [0.25, 0.3) is 0 Å². The minimum absolute atomic E-state index is 0.171. The first-order valence-electron chi connectivity index (χ1n) is 6.72.